The molecule has 1 aliphatic heterocycles. The minimum Gasteiger partial charge on any atom is -0.385 e. The van der Waals surface area contributed by atoms with Gasteiger partial charge in [0.2, 0.25) is 0 Å². The van der Waals surface area contributed by atoms with Crippen molar-refractivity contribution in [3.63, 3.8) is 0 Å². The van der Waals surface area contributed by atoms with E-state index in [0.29, 0.717) is 6.04 Å². The van der Waals surface area contributed by atoms with E-state index in [9.17, 15) is 0 Å². The van der Waals surface area contributed by atoms with Crippen molar-refractivity contribution >= 4 is 0 Å². The first-order chi connectivity index (χ1) is 8.08. The predicted molar refractivity (Wildman–Crippen MR) is 70.4 cm³/mol. The van der Waals surface area contributed by atoms with E-state index in [2.05, 4.69) is 31.0 Å². The first-order valence-corrected chi connectivity index (χ1v) is 6.62. The van der Waals surface area contributed by atoms with Gasteiger partial charge in [-0.2, -0.15) is 0 Å². The van der Waals surface area contributed by atoms with Gasteiger partial charge < -0.3 is 14.8 Å². The summed E-state index contributed by atoms with van der Waals surface area (Å²) in [7, 11) is 1.75. The Labute approximate surface area is 106 Å². The standard InChI is InChI=1S/C13H28N2O2/c1-12(10-14-6-5-8-16-4)15-7-9-17-11-13(15,2)3/h12,14H,5-11H2,1-4H3. The van der Waals surface area contributed by atoms with Crippen LogP contribution in [0.1, 0.15) is 27.2 Å². The van der Waals surface area contributed by atoms with Crippen molar-refractivity contribution in [3.05, 3.63) is 0 Å². The largest absolute Gasteiger partial charge is 0.385 e. The molecule has 1 unspecified atom stereocenters. The summed E-state index contributed by atoms with van der Waals surface area (Å²) < 4.78 is 10.6. The van der Waals surface area contributed by atoms with Crippen LogP contribution in [0.5, 0.6) is 0 Å². The van der Waals surface area contributed by atoms with Gasteiger partial charge in [0, 0.05) is 38.4 Å². The molecule has 0 aromatic carbocycles. The highest BCUT2D eigenvalue weighted by Gasteiger charge is 2.33. The first kappa shape index (κ1) is 14.9. The van der Waals surface area contributed by atoms with Crippen LogP contribution in [0.25, 0.3) is 0 Å². The maximum atomic E-state index is 5.54. The lowest BCUT2D eigenvalue weighted by Crippen LogP contribution is -2.58. The van der Waals surface area contributed by atoms with E-state index in [1.165, 1.54) is 0 Å². The Morgan fingerprint density at radius 2 is 2.24 bits per heavy atom. The zero-order chi connectivity index (χ0) is 12.7. The van der Waals surface area contributed by atoms with E-state index in [4.69, 9.17) is 9.47 Å². The Hall–Kier alpha value is -0.160. The highest BCUT2D eigenvalue weighted by atomic mass is 16.5. The first-order valence-electron chi connectivity index (χ1n) is 6.62. The molecule has 0 spiro atoms. The van der Waals surface area contributed by atoms with Crippen molar-refractivity contribution in [3.8, 4) is 0 Å². The molecule has 0 aromatic rings. The summed E-state index contributed by atoms with van der Waals surface area (Å²) in [6.07, 6.45) is 1.08. The van der Waals surface area contributed by atoms with Crippen LogP contribution in [0, 0.1) is 0 Å². The van der Waals surface area contributed by atoms with Gasteiger partial charge in [0.15, 0.2) is 0 Å². The monoisotopic (exact) mass is 244 g/mol. The minimum atomic E-state index is 0.159. The minimum absolute atomic E-state index is 0.159. The Morgan fingerprint density at radius 3 is 2.88 bits per heavy atom. The number of rotatable bonds is 7. The molecule has 0 aliphatic carbocycles. The van der Waals surface area contributed by atoms with E-state index in [0.717, 1.165) is 45.9 Å². The second kappa shape index (κ2) is 7.31. The lowest BCUT2D eigenvalue weighted by molar-refractivity contribution is -0.0681. The lowest BCUT2D eigenvalue weighted by Gasteiger charge is -2.45. The van der Waals surface area contributed by atoms with E-state index < -0.39 is 0 Å². The summed E-state index contributed by atoms with van der Waals surface area (Å²) in [5.41, 5.74) is 0.159. The van der Waals surface area contributed by atoms with Crippen molar-refractivity contribution in [1.82, 2.24) is 10.2 Å². The van der Waals surface area contributed by atoms with Crippen LogP contribution < -0.4 is 5.32 Å². The molecule has 4 nitrogen and oxygen atoms in total. The van der Waals surface area contributed by atoms with Gasteiger partial charge in [-0.3, -0.25) is 4.90 Å². The van der Waals surface area contributed by atoms with E-state index in [-0.39, 0.29) is 5.54 Å². The normalized spacial score (nSPS) is 22.6. The molecule has 17 heavy (non-hydrogen) atoms. The molecule has 1 fully saturated rings. The number of hydrogen-bond acceptors (Lipinski definition) is 4. The molecule has 1 heterocycles. The van der Waals surface area contributed by atoms with Crippen LogP contribution in [-0.2, 0) is 9.47 Å². The lowest BCUT2D eigenvalue weighted by atomic mass is 10.00. The molecule has 4 heteroatoms. The maximum absolute atomic E-state index is 5.54. The summed E-state index contributed by atoms with van der Waals surface area (Å²) in [6.45, 7) is 12.4. The molecule has 0 aromatic heterocycles. The maximum Gasteiger partial charge on any atom is 0.0645 e. The number of methoxy groups -OCH3 is 1. The molecule has 1 atom stereocenters. The summed E-state index contributed by atoms with van der Waals surface area (Å²) in [5.74, 6) is 0. The number of ether oxygens (including phenoxy) is 2. The Morgan fingerprint density at radius 1 is 1.47 bits per heavy atom. The summed E-state index contributed by atoms with van der Waals surface area (Å²) in [4.78, 5) is 2.54. The Bertz CT molecular complexity index is 210. The molecule has 102 valence electrons. The number of morpholine rings is 1. The Kier molecular flexibility index (Phi) is 6.41. The van der Waals surface area contributed by atoms with Crippen LogP contribution in [-0.4, -0.2) is 63.0 Å². The van der Waals surface area contributed by atoms with Crippen LogP contribution in [0.15, 0.2) is 0 Å². The molecule has 1 aliphatic rings. The van der Waals surface area contributed by atoms with Gasteiger partial charge in [-0.05, 0) is 33.7 Å². The molecule has 0 amide bonds. The third-order valence-corrected chi connectivity index (χ3v) is 3.38. The zero-order valence-electron chi connectivity index (χ0n) is 11.8. The van der Waals surface area contributed by atoms with Crippen molar-refractivity contribution in [2.45, 2.75) is 38.8 Å². The topological polar surface area (TPSA) is 33.7 Å². The van der Waals surface area contributed by atoms with Gasteiger partial charge in [0.05, 0.1) is 13.2 Å². The number of nitrogens with zero attached hydrogens (tertiary/aromatic N) is 1. The predicted octanol–water partition coefficient (Wildman–Crippen LogP) is 1.11. The highest BCUT2D eigenvalue weighted by Crippen LogP contribution is 2.21. The van der Waals surface area contributed by atoms with Crippen LogP contribution in [0.4, 0.5) is 0 Å². The van der Waals surface area contributed by atoms with Gasteiger partial charge in [0.1, 0.15) is 0 Å². The van der Waals surface area contributed by atoms with Gasteiger partial charge in [-0.1, -0.05) is 0 Å². The summed E-state index contributed by atoms with van der Waals surface area (Å²) in [5, 5.41) is 3.49. The quantitative estimate of drug-likeness (QED) is 0.680. The van der Waals surface area contributed by atoms with Crippen LogP contribution in [0.2, 0.25) is 0 Å². The third kappa shape index (κ3) is 4.92. The van der Waals surface area contributed by atoms with Gasteiger partial charge in [-0.25, -0.2) is 0 Å². The smallest absolute Gasteiger partial charge is 0.0645 e. The molecule has 1 rings (SSSR count). The van der Waals surface area contributed by atoms with Gasteiger partial charge >= 0.3 is 0 Å². The van der Waals surface area contributed by atoms with E-state index in [1.807, 2.05) is 0 Å². The van der Waals surface area contributed by atoms with Gasteiger partial charge in [-0.15, -0.1) is 0 Å². The van der Waals surface area contributed by atoms with Crippen molar-refractivity contribution < 1.29 is 9.47 Å². The third-order valence-electron chi connectivity index (χ3n) is 3.38. The highest BCUT2D eigenvalue weighted by molar-refractivity contribution is 4.88. The van der Waals surface area contributed by atoms with Crippen molar-refractivity contribution in [2.24, 2.45) is 0 Å². The average molecular weight is 244 g/mol. The number of hydrogen-bond donors (Lipinski definition) is 1. The average Bonchev–Trinajstić information content (AvgIpc) is 2.28. The SMILES string of the molecule is COCCCNCC(C)N1CCOCC1(C)C. The second-order valence-corrected chi connectivity index (χ2v) is 5.46. The van der Waals surface area contributed by atoms with E-state index in [1.54, 1.807) is 7.11 Å². The zero-order valence-corrected chi connectivity index (χ0v) is 11.8. The fraction of sp³-hybridized carbons (Fsp3) is 1.00. The molecule has 0 saturated carbocycles. The van der Waals surface area contributed by atoms with Crippen LogP contribution >= 0.6 is 0 Å². The molecule has 0 radical (unpaired) electrons. The van der Waals surface area contributed by atoms with Crippen LogP contribution in [0.3, 0.4) is 0 Å². The summed E-state index contributed by atoms with van der Waals surface area (Å²) in [6, 6.07) is 0.552. The molecule has 1 N–H and O–H groups in total. The summed E-state index contributed by atoms with van der Waals surface area (Å²) >= 11 is 0. The Balaban J connectivity index is 2.23. The fourth-order valence-electron chi connectivity index (χ4n) is 2.45. The molecular formula is C13H28N2O2. The second-order valence-electron chi connectivity index (χ2n) is 5.46. The molecule has 1 saturated heterocycles. The van der Waals surface area contributed by atoms with Crippen molar-refractivity contribution in [2.75, 3.05) is 46.6 Å². The molecular weight excluding hydrogens is 216 g/mol. The van der Waals surface area contributed by atoms with E-state index >= 15 is 0 Å². The fourth-order valence-corrected chi connectivity index (χ4v) is 2.45. The van der Waals surface area contributed by atoms with Gasteiger partial charge in [0.25, 0.3) is 0 Å². The molecule has 0 bridgehead atoms. The number of nitrogens with one attached hydrogen (secondary N) is 1. The van der Waals surface area contributed by atoms with Crippen molar-refractivity contribution in [1.29, 1.82) is 0 Å².